The number of fused-ring (bicyclic) bond motifs is 1. The van der Waals surface area contributed by atoms with Gasteiger partial charge < -0.3 is 8.83 Å². The van der Waals surface area contributed by atoms with Crippen LogP contribution in [0.15, 0.2) is 44.4 Å². The zero-order valence-electron chi connectivity index (χ0n) is 10.1. The van der Waals surface area contributed by atoms with Gasteiger partial charge in [0, 0.05) is 12.3 Å². The van der Waals surface area contributed by atoms with Crippen molar-refractivity contribution in [2.45, 2.75) is 12.1 Å². The van der Waals surface area contributed by atoms with Crippen molar-refractivity contribution in [1.29, 1.82) is 0 Å². The van der Waals surface area contributed by atoms with Crippen molar-refractivity contribution in [3.05, 3.63) is 42.0 Å². The number of aryl methyl sites for hydroxylation is 1. The van der Waals surface area contributed by atoms with Crippen LogP contribution in [0, 0.1) is 6.92 Å². The number of Topliss-reactive ketones (excluding diaryl/α,β-unsaturated/α-hetero) is 1. The molecule has 2 aromatic heterocycles. The molecule has 0 N–H and O–H groups in total. The first-order valence-electron chi connectivity index (χ1n) is 5.67. The van der Waals surface area contributed by atoms with E-state index in [1.54, 1.807) is 13.0 Å². The van der Waals surface area contributed by atoms with E-state index in [1.807, 2.05) is 24.3 Å². The van der Waals surface area contributed by atoms with E-state index in [2.05, 4.69) is 10.2 Å². The third-order valence-electron chi connectivity index (χ3n) is 2.53. The van der Waals surface area contributed by atoms with Crippen molar-refractivity contribution < 1.29 is 13.6 Å². The average Bonchev–Trinajstić information content (AvgIpc) is 3.01. The second kappa shape index (κ2) is 4.89. The van der Waals surface area contributed by atoms with Crippen LogP contribution in [0.5, 0.6) is 0 Å². The molecule has 0 saturated carbocycles. The molecule has 3 rings (SSSR count). The molecule has 5 nitrogen and oxygen atoms in total. The van der Waals surface area contributed by atoms with E-state index in [1.165, 1.54) is 11.8 Å². The number of benzene rings is 1. The molecule has 0 amide bonds. The van der Waals surface area contributed by atoms with E-state index in [-0.39, 0.29) is 11.5 Å². The van der Waals surface area contributed by atoms with Gasteiger partial charge in [0.2, 0.25) is 11.7 Å². The predicted octanol–water partition coefficient (Wildman–Crippen LogP) is 3.10. The molecule has 0 fully saturated rings. The van der Waals surface area contributed by atoms with Crippen molar-refractivity contribution >= 4 is 28.5 Å². The Morgan fingerprint density at radius 1 is 1.26 bits per heavy atom. The van der Waals surface area contributed by atoms with Gasteiger partial charge in [0.05, 0.1) is 5.75 Å². The third kappa shape index (κ3) is 2.53. The largest absolute Gasteiger partial charge is 0.453 e. The Balaban J connectivity index is 1.73. The van der Waals surface area contributed by atoms with Crippen LogP contribution in [0.1, 0.15) is 16.4 Å². The lowest BCUT2D eigenvalue weighted by Crippen LogP contribution is -2.00. The highest BCUT2D eigenvalue weighted by molar-refractivity contribution is 7.99. The summed E-state index contributed by atoms with van der Waals surface area (Å²) in [5.41, 5.74) is 0.712. The molecule has 0 saturated heterocycles. The van der Waals surface area contributed by atoms with Crippen LogP contribution in [0.25, 0.3) is 11.0 Å². The molecule has 0 aliphatic carbocycles. The van der Waals surface area contributed by atoms with Gasteiger partial charge in [0.15, 0.2) is 5.76 Å². The first-order valence-corrected chi connectivity index (χ1v) is 6.65. The van der Waals surface area contributed by atoms with Crippen LogP contribution >= 0.6 is 11.8 Å². The number of carbonyl (C=O) groups excluding carboxylic acids is 1. The summed E-state index contributed by atoms with van der Waals surface area (Å²) in [4.78, 5) is 12.0. The van der Waals surface area contributed by atoms with Gasteiger partial charge >= 0.3 is 0 Å². The van der Waals surface area contributed by atoms with E-state index >= 15 is 0 Å². The molecule has 0 unspecified atom stereocenters. The van der Waals surface area contributed by atoms with Crippen molar-refractivity contribution in [2.75, 3.05) is 5.75 Å². The fourth-order valence-electron chi connectivity index (χ4n) is 1.65. The lowest BCUT2D eigenvalue weighted by Gasteiger charge is -1.93. The monoisotopic (exact) mass is 274 g/mol. The summed E-state index contributed by atoms with van der Waals surface area (Å²) >= 11 is 1.20. The number of hydrogen-bond donors (Lipinski definition) is 0. The number of ketones is 1. The molecule has 0 aliphatic heterocycles. The Labute approximate surface area is 113 Å². The van der Waals surface area contributed by atoms with E-state index in [0.717, 1.165) is 5.39 Å². The first kappa shape index (κ1) is 12.0. The number of aromatic nitrogens is 2. The number of furan rings is 1. The molecule has 0 bridgehead atoms. The van der Waals surface area contributed by atoms with E-state index in [4.69, 9.17) is 8.83 Å². The average molecular weight is 274 g/mol. The molecule has 2 heterocycles. The van der Waals surface area contributed by atoms with Gasteiger partial charge in [0.1, 0.15) is 5.58 Å². The third-order valence-corrected chi connectivity index (χ3v) is 3.35. The molecule has 96 valence electrons. The van der Waals surface area contributed by atoms with Crippen LogP contribution in [0.4, 0.5) is 0 Å². The normalized spacial score (nSPS) is 11.0. The summed E-state index contributed by atoms with van der Waals surface area (Å²) in [6.45, 7) is 1.71. The van der Waals surface area contributed by atoms with Crippen LogP contribution < -0.4 is 0 Å². The van der Waals surface area contributed by atoms with Gasteiger partial charge in [-0.1, -0.05) is 30.0 Å². The summed E-state index contributed by atoms with van der Waals surface area (Å²) < 4.78 is 10.7. The Kier molecular flexibility index (Phi) is 3.08. The Morgan fingerprint density at radius 2 is 2.11 bits per heavy atom. The molecule has 0 spiro atoms. The molecular weight excluding hydrogens is 264 g/mol. The number of nitrogens with zero attached hydrogens (tertiary/aromatic N) is 2. The maximum Gasteiger partial charge on any atom is 0.277 e. The van der Waals surface area contributed by atoms with Crippen LogP contribution in [0.2, 0.25) is 0 Å². The number of carbonyl (C=O) groups is 1. The Hall–Kier alpha value is -2.08. The minimum atomic E-state index is -0.1000. The highest BCUT2D eigenvalue weighted by atomic mass is 32.2. The lowest BCUT2D eigenvalue weighted by molar-refractivity contribution is 0.0994. The molecule has 0 radical (unpaired) electrons. The minimum Gasteiger partial charge on any atom is -0.453 e. The summed E-state index contributed by atoms with van der Waals surface area (Å²) in [7, 11) is 0. The molecule has 0 aliphatic rings. The van der Waals surface area contributed by atoms with Crippen molar-refractivity contribution in [3.63, 3.8) is 0 Å². The fraction of sp³-hybridized carbons (Fsp3) is 0.154. The highest BCUT2D eigenvalue weighted by Crippen LogP contribution is 2.22. The summed E-state index contributed by atoms with van der Waals surface area (Å²) in [6, 6.07) is 9.26. The molecule has 0 atom stereocenters. The highest BCUT2D eigenvalue weighted by Gasteiger charge is 2.14. The number of rotatable bonds is 4. The quantitative estimate of drug-likeness (QED) is 0.538. The van der Waals surface area contributed by atoms with E-state index in [9.17, 15) is 4.79 Å². The fourth-order valence-corrected chi connectivity index (χ4v) is 2.33. The first-order chi connectivity index (χ1) is 9.22. The van der Waals surface area contributed by atoms with Crippen molar-refractivity contribution in [1.82, 2.24) is 10.2 Å². The molecule has 6 heteroatoms. The molecule has 3 aromatic rings. The molecule has 1 aromatic carbocycles. The van der Waals surface area contributed by atoms with Gasteiger partial charge in [-0.25, -0.2) is 0 Å². The van der Waals surface area contributed by atoms with Gasteiger partial charge in [-0.15, -0.1) is 10.2 Å². The Morgan fingerprint density at radius 3 is 2.84 bits per heavy atom. The van der Waals surface area contributed by atoms with Gasteiger partial charge in [-0.05, 0) is 12.1 Å². The molecule has 19 heavy (non-hydrogen) atoms. The maximum atomic E-state index is 12.0. The molecular formula is C13H10N2O3S. The second-order valence-corrected chi connectivity index (χ2v) is 4.87. The smallest absolute Gasteiger partial charge is 0.277 e. The zero-order valence-corrected chi connectivity index (χ0v) is 10.9. The minimum absolute atomic E-state index is 0.1000. The van der Waals surface area contributed by atoms with Gasteiger partial charge in [-0.3, -0.25) is 4.79 Å². The SMILES string of the molecule is Cc1nnc(SCC(=O)c2cc3ccccc3o2)o1. The summed E-state index contributed by atoms with van der Waals surface area (Å²) in [6.07, 6.45) is 0. The van der Waals surface area contributed by atoms with Crippen LogP contribution in [-0.2, 0) is 0 Å². The van der Waals surface area contributed by atoms with Crippen molar-refractivity contribution in [2.24, 2.45) is 0 Å². The van der Waals surface area contributed by atoms with Gasteiger partial charge in [0.25, 0.3) is 5.22 Å². The van der Waals surface area contributed by atoms with E-state index < -0.39 is 0 Å². The summed E-state index contributed by atoms with van der Waals surface area (Å²) in [5.74, 6) is 0.947. The second-order valence-electron chi connectivity index (χ2n) is 3.95. The Bertz CT molecular complexity index is 699. The van der Waals surface area contributed by atoms with Crippen LogP contribution in [-0.4, -0.2) is 21.7 Å². The zero-order chi connectivity index (χ0) is 13.2. The number of hydrogen-bond acceptors (Lipinski definition) is 6. The number of para-hydroxylation sites is 1. The van der Waals surface area contributed by atoms with Crippen molar-refractivity contribution in [3.8, 4) is 0 Å². The van der Waals surface area contributed by atoms with Crippen LogP contribution in [0.3, 0.4) is 0 Å². The predicted molar refractivity (Wildman–Crippen MR) is 70.3 cm³/mol. The summed E-state index contributed by atoms with van der Waals surface area (Å²) in [5, 5.41) is 8.83. The standard InChI is InChI=1S/C13H10N2O3S/c1-8-14-15-13(17-8)19-7-10(16)12-6-9-4-2-3-5-11(9)18-12/h2-6H,7H2,1H3. The maximum absolute atomic E-state index is 12.0. The lowest BCUT2D eigenvalue weighted by atomic mass is 10.2. The van der Waals surface area contributed by atoms with Gasteiger partial charge in [-0.2, -0.15) is 0 Å². The van der Waals surface area contributed by atoms with E-state index in [0.29, 0.717) is 22.5 Å². The number of thioether (sulfide) groups is 1. The topological polar surface area (TPSA) is 69.1 Å².